The largest absolute Gasteiger partial charge is 0.493 e. The van der Waals surface area contributed by atoms with Crippen molar-refractivity contribution in [3.8, 4) is 22.8 Å². The molecule has 1 N–H and O–H groups in total. The molecule has 0 radical (unpaired) electrons. The molecule has 2 heterocycles. The van der Waals surface area contributed by atoms with Crippen LogP contribution in [0.15, 0.2) is 23.6 Å². The Kier molecular flexibility index (Phi) is 7.72. The summed E-state index contributed by atoms with van der Waals surface area (Å²) in [5, 5.41) is 6.26. The van der Waals surface area contributed by atoms with Crippen LogP contribution in [0.25, 0.3) is 11.3 Å². The molecule has 1 aromatic carbocycles. The van der Waals surface area contributed by atoms with E-state index in [-0.39, 0.29) is 5.91 Å². The van der Waals surface area contributed by atoms with Gasteiger partial charge < -0.3 is 14.8 Å². The van der Waals surface area contributed by atoms with Crippen molar-refractivity contribution in [2.75, 3.05) is 25.3 Å². The second-order valence-electron chi connectivity index (χ2n) is 6.23. The zero-order chi connectivity index (χ0) is 19.1. The average molecular weight is 425 g/mol. The first-order chi connectivity index (χ1) is 13.2. The van der Waals surface area contributed by atoms with E-state index in [1.54, 1.807) is 14.2 Å². The number of ether oxygens (including phenoxy) is 2. The van der Waals surface area contributed by atoms with Crippen LogP contribution in [0.3, 0.4) is 0 Å². The highest BCUT2D eigenvalue weighted by molar-refractivity contribution is 8.77. The first-order valence-corrected chi connectivity index (χ1v) is 12.2. The summed E-state index contributed by atoms with van der Waals surface area (Å²) < 4.78 is 10.6. The van der Waals surface area contributed by atoms with Crippen molar-refractivity contribution in [1.29, 1.82) is 0 Å². The van der Waals surface area contributed by atoms with Crippen molar-refractivity contribution in [3.05, 3.63) is 23.6 Å². The van der Waals surface area contributed by atoms with Crippen LogP contribution in [0.2, 0.25) is 0 Å². The lowest BCUT2D eigenvalue weighted by Gasteiger charge is -2.08. The molecule has 0 saturated carbocycles. The SMILES string of the molecule is COc1ccc(-c2csc(NC(=O)CCCCC3CCSS3)n2)cc1OC. The molecule has 5 nitrogen and oxygen atoms in total. The molecule has 1 unspecified atom stereocenters. The number of unbranched alkanes of at least 4 members (excludes halogenated alkanes) is 1. The smallest absolute Gasteiger partial charge is 0.226 e. The van der Waals surface area contributed by atoms with Gasteiger partial charge in [0.05, 0.1) is 19.9 Å². The van der Waals surface area contributed by atoms with Crippen molar-refractivity contribution in [1.82, 2.24) is 4.98 Å². The van der Waals surface area contributed by atoms with E-state index < -0.39 is 0 Å². The second kappa shape index (κ2) is 10.2. The normalized spacial score (nSPS) is 16.3. The van der Waals surface area contributed by atoms with Gasteiger partial charge in [-0.2, -0.15) is 0 Å². The van der Waals surface area contributed by atoms with Gasteiger partial charge in [0.15, 0.2) is 16.6 Å². The van der Waals surface area contributed by atoms with Gasteiger partial charge in [0.2, 0.25) is 5.91 Å². The Balaban J connectivity index is 1.49. The van der Waals surface area contributed by atoms with Gasteiger partial charge in [-0.1, -0.05) is 28.0 Å². The Morgan fingerprint density at radius 1 is 1.26 bits per heavy atom. The van der Waals surface area contributed by atoms with E-state index in [1.807, 2.05) is 45.2 Å². The number of thiazole rings is 1. The average Bonchev–Trinajstić information content (AvgIpc) is 3.36. The van der Waals surface area contributed by atoms with Crippen molar-refractivity contribution >= 4 is 44.0 Å². The summed E-state index contributed by atoms with van der Waals surface area (Å²) >= 11 is 1.43. The molecule has 1 aliphatic rings. The molecule has 2 aromatic rings. The van der Waals surface area contributed by atoms with E-state index >= 15 is 0 Å². The number of amides is 1. The summed E-state index contributed by atoms with van der Waals surface area (Å²) in [4.78, 5) is 16.7. The molecule has 146 valence electrons. The number of nitrogens with one attached hydrogen (secondary N) is 1. The number of rotatable bonds is 9. The summed E-state index contributed by atoms with van der Waals surface area (Å²) in [7, 11) is 7.19. The van der Waals surface area contributed by atoms with Gasteiger partial charge in [0.1, 0.15) is 0 Å². The zero-order valence-corrected chi connectivity index (χ0v) is 18.0. The summed E-state index contributed by atoms with van der Waals surface area (Å²) in [5.74, 6) is 2.64. The molecule has 1 aliphatic heterocycles. The Morgan fingerprint density at radius 2 is 2.11 bits per heavy atom. The van der Waals surface area contributed by atoms with Crippen LogP contribution in [0.4, 0.5) is 5.13 Å². The van der Waals surface area contributed by atoms with Crippen LogP contribution in [0.5, 0.6) is 11.5 Å². The van der Waals surface area contributed by atoms with Crippen molar-refractivity contribution in [3.63, 3.8) is 0 Å². The topological polar surface area (TPSA) is 60.5 Å². The molecule has 0 aliphatic carbocycles. The zero-order valence-electron chi connectivity index (χ0n) is 15.5. The van der Waals surface area contributed by atoms with Gasteiger partial charge in [-0.05, 0) is 37.5 Å². The number of methoxy groups -OCH3 is 2. The van der Waals surface area contributed by atoms with Gasteiger partial charge in [0.25, 0.3) is 0 Å². The number of nitrogens with zero attached hydrogens (tertiary/aromatic N) is 1. The molecule has 8 heteroatoms. The van der Waals surface area contributed by atoms with Gasteiger partial charge in [-0.3, -0.25) is 4.79 Å². The van der Waals surface area contributed by atoms with E-state index in [4.69, 9.17) is 9.47 Å². The third-order valence-corrected chi connectivity index (χ3v) is 8.10. The van der Waals surface area contributed by atoms with Gasteiger partial charge in [-0.25, -0.2) is 4.98 Å². The Labute approximate surface area is 172 Å². The summed E-state index contributed by atoms with van der Waals surface area (Å²) in [6.07, 6.45) is 5.11. The number of hydrogen-bond donors (Lipinski definition) is 1. The summed E-state index contributed by atoms with van der Waals surface area (Å²) in [6, 6.07) is 5.67. The molecule has 1 saturated heterocycles. The number of carbonyl (C=O) groups is 1. The molecular formula is C19H24N2O3S3. The summed E-state index contributed by atoms with van der Waals surface area (Å²) in [5.41, 5.74) is 1.74. The fraction of sp³-hybridized carbons (Fsp3) is 0.474. The lowest BCUT2D eigenvalue weighted by atomic mass is 10.1. The minimum absolute atomic E-state index is 0.0386. The maximum Gasteiger partial charge on any atom is 0.226 e. The fourth-order valence-electron chi connectivity index (χ4n) is 2.86. The number of carbonyl (C=O) groups excluding carboxylic acids is 1. The lowest BCUT2D eigenvalue weighted by Crippen LogP contribution is -2.11. The highest BCUT2D eigenvalue weighted by Gasteiger charge is 2.16. The Morgan fingerprint density at radius 3 is 2.85 bits per heavy atom. The Bertz CT molecular complexity index is 760. The van der Waals surface area contributed by atoms with Crippen LogP contribution < -0.4 is 14.8 Å². The monoisotopic (exact) mass is 424 g/mol. The molecule has 1 fully saturated rings. The van der Waals surface area contributed by atoms with Gasteiger partial charge >= 0.3 is 0 Å². The second-order valence-corrected chi connectivity index (χ2v) is 9.88. The molecule has 0 spiro atoms. The fourth-order valence-corrected chi connectivity index (χ4v) is 6.63. The lowest BCUT2D eigenvalue weighted by molar-refractivity contribution is -0.116. The van der Waals surface area contributed by atoms with E-state index in [1.165, 1.54) is 29.9 Å². The Hall–Kier alpha value is -1.38. The third kappa shape index (κ3) is 5.80. The van der Waals surface area contributed by atoms with Crippen molar-refractivity contribution in [2.24, 2.45) is 0 Å². The van der Waals surface area contributed by atoms with Crippen LogP contribution in [-0.4, -0.2) is 36.1 Å². The minimum atomic E-state index is 0.0386. The first-order valence-electron chi connectivity index (χ1n) is 8.95. The van der Waals surface area contributed by atoms with Gasteiger partial charge in [0, 0.05) is 28.4 Å². The maximum atomic E-state index is 12.1. The third-order valence-electron chi connectivity index (χ3n) is 4.34. The molecule has 1 amide bonds. The predicted octanol–water partition coefficient (Wildman–Crippen LogP) is 5.48. The maximum absolute atomic E-state index is 12.1. The van der Waals surface area contributed by atoms with Gasteiger partial charge in [-0.15, -0.1) is 11.3 Å². The molecular weight excluding hydrogens is 400 g/mol. The van der Waals surface area contributed by atoms with Crippen LogP contribution in [0, 0.1) is 0 Å². The van der Waals surface area contributed by atoms with Crippen molar-refractivity contribution in [2.45, 2.75) is 37.4 Å². The van der Waals surface area contributed by atoms with E-state index in [0.29, 0.717) is 23.1 Å². The van der Waals surface area contributed by atoms with Crippen molar-refractivity contribution < 1.29 is 14.3 Å². The van der Waals surface area contributed by atoms with Crippen LogP contribution in [0.1, 0.15) is 32.1 Å². The molecule has 0 bridgehead atoms. The number of anilines is 1. The standard InChI is InChI=1S/C19H24N2O3S3/c1-23-16-8-7-13(11-17(16)24-2)15-12-25-19(20-15)21-18(22)6-4-3-5-14-9-10-26-27-14/h7-8,11-12,14H,3-6,9-10H2,1-2H3,(H,20,21,22). The molecule has 1 aromatic heterocycles. The number of hydrogen-bond acceptors (Lipinski definition) is 7. The molecule has 27 heavy (non-hydrogen) atoms. The molecule has 1 atom stereocenters. The predicted molar refractivity (Wildman–Crippen MR) is 116 cm³/mol. The highest BCUT2D eigenvalue weighted by atomic mass is 33.1. The van der Waals surface area contributed by atoms with E-state index in [2.05, 4.69) is 10.3 Å². The quantitative estimate of drug-likeness (QED) is 0.425. The highest BCUT2D eigenvalue weighted by Crippen LogP contribution is 2.40. The van der Waals surface area contributed by atoms with E-state index in [9.17, 15) is 4.79 Å². The minimum Gasteiger partial charge on any atom is -0.493 e. The van der Waals surface area contributed by atoms with E-state index in [0.717, 1.165) is 29.3 Å². The number of benzene rings is 1. The first kappa shape index (κ1) is 20.4. The van der Waals surface area contributed by atoms with Crippen LogP contribution >= 0.6 is 32.9 Å². The number of aromatic nitrogens is 1. The summed E-state index contributed by atoms with van der Waals surface area (Å²) in [6.45, 7) is 0. The molecule has 3 rings (SSSR count). The van der Waals surface area contributed by atoms with Crippen LogP contribution in [-0.2, 0) is 4.79 Å².